The van der Waals surface area contributed by atoms with Crippen LogP contribution < -0.4 is 14.8 Å². The molecular formula is C24H28FN3O5. The first-order valence-corrected chi connectivity index (χ1v) is 11.2. The number of benzene rings is 2. The molecule has 0 amide bonds. The van der Waals surface area contributed by atoms with Crippen LogP contribution in [0.3, 0.4) is 0 Å². The summed E-state index contributed by atoms with van der Waals surface area (Å²) in [7, 11) is 0. The Morgan fingerprint density at radius 2 is 1.88 bits per heavy atom. The highest BCUT2D eigenvalue weighted by Gasteiger charge is 2.23. The highest BCUT2D eigenvalue weighted by Crippen LogP contribution is 2.30. The minimum absolute atomic E-state index is 0.122. The SMILES string of the molecule is CCOc1cc(CN2CCC(Nc3nc4c(C(=O)O)cccc4o3)CC2)cc(OCC)c1F. The first kappa shape index (κ1) is 22.8. The number of fused-ring (bicyclic) bond motifs is 1. The number of aromatic nitrogens is 1. The molecule has 0 aliphatic carbocycles. The molecule has 33 heavy (non-hydrogen) atoms. The van der Waals surface area contributed by atoms with Gasteiger partial charge in [0.1, 0.15) is 5.52 Å². The van der Waals surface area contributed by atoms with Crippen molar-refractivity contribution in [2.75, 3.05) is 31.6 Å². The van der Waals surface area contributed by atoms with Crippen molar-refractivity contribution in [3.63, 3.8) is 0 Å². The number of para-hydroxylation sites is 1. The fourth-order valence-electron chi connectivity index (χ4n) is 4.09. The Bertz CT molecular complexity index is 1100. The van der Waals surface area contributed by atoms with Crippen LogP contribution in [0.1, 0.15) is 42.6 Å². The maximum atomic E-state index is 14.5. The van der Waals surface area contributed by atoms with Gasteiger partial charge in [0, 0.05) is 25.7 Å². The van der Waals surface area contributed by atoms with E-state index in [1.165, 1.54) is 6.07 Å². The van der Waals surface area contributed by atoms with E-state index in [1.54, 1.807) is 24.3 Å². The van der Waals surface area contributed by atoms with Crippen LogP contribution in [0, 0.1) is 5.82 Å². The van der Waals surface area contributed by atoms with E-state index in [0.29, 0.717) is 36.9 Å². The molecule has 1 aliphatic rings. The summed E-state index contributed by atoms with van der Waals surface area (Å²) < 4.78 is 31.1. The number of ether oxygens (including phenoxy) is 2. The van der Waals surface area contributed by atoms with Gasteiger partial charge in [0.05, 0.1) is 18.8 Å². The van der Waals surface area contributed by atoms with E-state index in [0.717, 1.165) is 31.5 Å². The van der Waals surface area contributed by atoms with Crippen LogP contribution in [-0.2, 0) is 6.54 Å². The van der Waals surface area contributed by atoms with Crippen LogP contribution in [0.5, 0.6) is 11.5 Å². The summed E-state index contributed by atoms with van der Waals surface area (Å²) in [4.78, 5) is 18.0. The second-order valence-electron chi connectivity index (χ2n) is 7.94. The predicted molar refractivity (Wildman–Crippen MR) is 122 cm³/mol. The molecule has 2 aromatic carbocycles. The van der Waals surface area contributed by atoms with Crippen molar-refractivity contribution in [2.24, 2.45) is 0 Å². The number of hydrogen-bond donors (Lipinski definition) is 2. The quantitative estimate of drug-likeness (QED) is 0.483. The molecule has 1 saturated heterocycles. The number of carbonyl (C=O) groups is 1. The summed E-state index contributed by atoms with van der Waals surface area (Å²) in [6.45, 7) is 6.75. The van der Waals surface area contributed by atoms with Crippen molar-refractivity contribution in [1.82, 2.24) is 9.88 Å². The van der Waals surface area contributed by atoms with E-state index in [4.69, 9.17) is 13.9 Å². The lowest BCUT2D eigenvalue weighted by atomic mass is 10.0. The van der Waals surface area contributed by atoms with E-state index < -0.39 is 11.8 Å². The fraction of sp³-hybridized carbons (Fsp3) is 0.417. The molecule has 0 spiro atoms. The lowest BCUT2D eigenvalue weighted by molar-refractivity contribution is 0.0699. The Labute approximate surface area is 191 Å². The summed E-state index contributed by atoms with van der Waals surface area (Å²) in [6, 6.07) is 8.83. The van der Waals surface area contributed by atoms with Crippen molar-refractivity contribution < 1.29 is 28.2 Å². The molecule has 0 atom stereocenters. The summed E-state index contributed by atoms with van der Waals surface area (Å²) in [5, 5.41) is 12.6. The van der Waals surface area contributed by atoms with E-state index in [2.05, 4.69) is 15.2 Å². The van der Waals surface area contributed by atoms with Crippen molar-refractivity contribution in [1.29, 1.82) is 0 Å². The number of piperidine rings is 1. The second-order valence-corrected chi connectivity index (χ2v) is 7.94. The molecule has 2 N–H and O–H groups in total. The van der Waals surface area contributed by atoms with Gasteiger partial charge < -0.3 is 24.3 Å². The molecule has 0 saturated carbocycles. The topological polar surface area (TPSA) is 97.1 Å². The third-order valence-electron chi connectivity index (χ3n) is 5.64. The number of anilines is 1. The number of oxazole rings is 1. The third kappa shape index (κ3) is 5.19. The van der Waals surface area contributed by atoms with Gasteiger partial charge in [0.15, 0.2) is 17.1 Å². The molecule has 0 unspecified atom stereocenters. The summed E-state index contributed by atoms with van der Waals surface area (Å²) >= 11 is 0. The summed E-state index contributed by atoms with van der Waals surface area (Å²) in [6.07, 6.45) is 1.73. The lowest BCUT2D eigenvalue weighted by Crippen LogP contribution is -2.38. The molecule has 8 nitrogen and oxygen atoms in total. The predicted octanol–water partition coefficient (Wildman–Crippen LogP) is 4.54. The number of carboxylic acids is 1. The van der Waals surface area contributed by atoms with E-state index in [9.17, 15) is 14.3 Å². The van der Waals surface area contributed by atoms with Gasteiger partial charge >= 0.3 is 5.97 Å². The van der Waals surface area contributed by atoms with Crippen molar-refractivity contribution in [3.8, 4) is 11.5 Å². The first-order valence-electron chi connectivity index (χ1n) is 11.2. The molecule has 2 heterocycles. The van der Waals surface area contributed by atoms with Gasteiger partial charge in [0.2, 0.25) is 5.82 Å². The number of hydrogen-bond acceptors (Lipinski definition) is 7. The van der Waals surface area contributed by atoms with Crippen LogP contribution in [0.2, 0.25) is 0 Å². The summed E-state index contributed by atoms with van der Waals surface area (Å²) in [5.74, 6) is -1.07. The molecule has 1 aromatic heterocycles. The zero-order valence-corrected chi connectivity index (χ0v) is 18.8. The zero-order chi connectivity index (χ0) is 23.4. The van der Waals surface area contributed by atoms with Gasteiger partial charge in [-0.3, -0.25) is 4.90 Å². The molecule has 9 heteroatoms. The van der Waals surface area contributed by atoms with Gasteiger partial charge in [-0.15, -0.1) is 0 Å². The normalized spacial score (nSPS) is 15.0. The van der Waals surface area contributed by atoms with Crippen LogP contribution in [0.15, 0.2) is 34.7 Å². The minimum Gasteiger partial charge on any atom is -0.491 e. The van der Waals surface area contributed by atoms with Gasteiger partial charge in [-0.25, -0.2) is 4.79 Å². The molecule has 0 bridgehead atoms. The van der Waals surface area contributed by atoms with Crippen LogP contribution in [0.4, 0.5) is 10.4 Å². The molecule has 176 valence electrons. The lowest BCUT2D eigenvalue weighted by Gasteiger charge is -2.32. The molecule has 1 aliphatic heterocycles. The third-order valence-corrected chi connectivity index (χ3v) is 5.64. The van der Waals surface area contributed by atoms with Crippen LogP contribution >= 0.6 is 0 Å². The van der Waals surface area contributed by atoms with Gasteiger partial charge in [-0.05, 0) is 56.5 Å². The summed E-state index contributed by atoms with van der Waals surface area (Å²) in [5.41, 5.74) is 1.85. The highest BCUT2D eigenvalue weighted by atomic mass is 19.1. The van der Waals surface area contributed by atoms with E-state index in [1.807, 2.05) is 13.8 Å². The smallest absolute Gasteiger partial charge is 0.338 e. The number of carboxylic acid groups (broad SMARTS) is 1. The fourth-order valence-corrected chi connectivity index (χ4v) is 4.09. The monoisotopic (exact) mass is 457 g/mol. The molecule has 1 fully saturated rings. The maximum absolute atomic E-state index is 14.5. The average molecular weight is 458 g/mol. The number of rotatable bonds is 9. The van der Waals surface area contributed by atoms with Gasteiger partial charge in [-0.1, -0.05) is 6.07 Å². The molecule has 0 radical (unpaired) electrons. The Hall–Kier alpha value is -3.33. The van der Waals surface area contributed by atoms with Crippen LogP contribution in [0.25, 0.3) is 11.1 Å². The highest BCUT2D eigenvalue weighted by molar-refractivity contribution is 6.00. The Kier molecular flexibility index (Phi) is 6.98. The zero-order valence-electron chi connectivity index (χ0n) is 18.8. The number of halogens is 1. The minimum atomic E-state index is -1.03. The Morgan fingerprint density at radius 3 is 2.48 bits per heavy atom. The van der Waals surface area contributed by atoms with Crippen molar-refractivity contribution in [3.05, 3.63) is 47.3 Å². The molecule has 4 rings (SSSR count). The molecular weight excluding hydrogens is 429 g/mol. The standard InChI is InChI=1S/C24H28FN3O5/c1-3-31-19-12-15(13-20(21(19)25)32-4-2)14-28-10-8-16(9-11-28)26-24-27-22-17(23(29)30)6-5-7-18(22)33-24/h5-7,12-13,16H,3-4,8-11,14H2,1-2H3,(H,26,27)(H,29,30). The van der Waals surface area contributed by atoms with E-state index >= 15 is 0 Å². The average Bonchev–Trinajstić information content (AvgIpc) is 3.21. The van der Waals surface area contributed by atoms with Gasteiger partial charge in [-0.2, -0.15) is 9.37 Å². The van der Waals surface area contributed by atoms with E-state index in [-0.39, 0.29) is 23.1 Å². The number of likely N-dealkylation sites (tertiary alicyclic amines) is 1. The molecule has 3 aromatic rings. The van der Waals surface area contributed by atoms with Crippen molar-refractivity contribution >= 4 is 23.1 Å². The number of nitrogens with zero attached hydrogens (tertiary/aromatic N) is 2. The van der Waals surface area contributed by atoms with Crippen LogP contribution in [-0.4, -0.2) is 53.3 Å². The second kappa shape index (κ2) is 10.1. The van der Waals surface area contributed by atoms with Gasteiger partial charge in [0.25, 0.3) is 6.01 Å². The van der Waals surface area contributed by atoms with Crippen molar-refractivity contribution in [2.45, 2.75) is 39.3 Å². The number of aromatic carboxylic acids is 1. The largest absolute Gasteiger partial charge is 0.491 e. The first-order chi connectivity index (χ1) is 16.0. The Morgan fingerprint density at radius 1 is 1.21 bits per heavy atom. The maximum Gasteiger partial charge on any atom is 0.338 e. The Balaban J connectivity index is 1.38. The number of nitrogens with one attached hydrogen (secondary N) is 1.